The molecule has 3 saturated carbocycles. The first-order valence-corrected chi connectivity index (χ1v) is 16.0. The van der Waals surface area contributed by atoms with Crippen LogP contribution in [0.1, 0.15) is 91.9 Å². The lowest BCUT2D eigenvalue weighted by atomic mass is 9.50. The zero-order chi connectivity index (χ0) is 21.8. The van der Waals surface area contributed by atoms with Gasteiger partial charge in [0.05, 0.1) is 5.60 Å². The first-order valence-electron chi connectivity index (χ1n) is 12.7. The van der Waals surface area contributed by atoms with Crippen LogP contribution in [-0.4, -0.2) is 13.9 Å². The molecule has 0 radical (unpaired) electrons. The van der Waals surface area contributed by atoms with Gasteiger partial charge in [-0.1, -0.05) is 57.0 Å². The highest BCUT2D eigenvalue weighted by molar-refractivity contribution is 6.74. The standard InChI is InChI=1S/C27H45ClOSi/c1-25(2,3)30(5,6)29-27(16-9-19-28)18-15-24-23-13-12-20-10-7-8-11-21(20)22(23)14-17-26(24,27)4/h9-10,19,21-24H,7-8,11-18H2,1-6H3/b19-9-/t21-,22+,23+,24-,26-,27-/m0/s1. The van der Waals surface area contributed by atoms with Crippen LogP contribution in [0.25, 0.3) is 0 Å². The van der Waals surface area contributed by atoms with E-state index in [0.29, 0.717) is 0 Å². The van der Waals surface area contributed by atoms with Crippen LogP contribution in [0, 0.1) is 29.1 Å². The number of halogens is 1. The van der Waals surface area contributed by atoms with Gasteiger partial charge in [0.1, 0.15) is 0 Å². The fourth-order valence-electron chi connectivity index (χ4n) is 7.82. The van der Waals surface area contributed by atoms with Gasteiger partial charge < -0.3 is 4.43 Å². The SMILES string of the molecule is CC(C)(C)[Si](C)(C)O[C@@]1(C/C=C\Cl)CC[C@H]2[C@@H]3CCC4=CCCC[C@@H]4[C@H]3CC[C@@]21C. The lowest BCUT2D eigenvalue weighted by molar-refractivity contribution is -0.107. The zero-order valence-electron chi connectivity index (χ0n) is 20.4. The van der Waals surface area contributed by atoms with Crippen molar-refractivity contribution in [2.24, 2.45) is 29.1 Å². The van der Waals surface area contributed by atoms with E-state index in [-0.39, 0.29) is 16.1 Å². The van der Waals surface area contributed by atoms with E-state index in [9.17, 15) is 0 Å². The van der Waals surface area contributed by atoms with Crippen LogP contribution in [0.3, 0.4) is 0 Å². The predicted molar refractivity (Wildman–Crippen MR) is 132 cm³/mol. The van der Waals surface area contributed by atoms with Crippen LogP contribution in [0.15, 0.2) is 23.3 Å². The number of hydrogen-bond donors (Lipinski definition) is 0. The minimum absolute atomic E-state index is 0.0281. The maximum atomic E-state index is 7.43. The molecular weight excluding hydrogens is 404 g/mol. The fourth-order valence-corrected chi connectivity index (χ4v) is 9.61. The second kappa shape index (κ2) is 8.06. The molecule has 3 heteroatoms. The van der Waals surface area contributed by atoms with Crippen molar-refractivity contribution in [3.8, 4) is 0 Å². The van der Waals surface area contributed by atoms with Gasteiger partial charge >= 0.3 is 0 Å². The summed E-state index contributed by atoms with van der Waals surface area (Å²) in [5.74, 6) is 3.58. The average molecular weight is 449 g/mol. The normalized spacial score (nSPS) is 41.9. The van der Waals surface area contributed by atoms with Gasteiger partial charge in [0.25, 0.3) is 0 Å². The van der Waals surface area contributed by atoms with Crippen molar-refractivity contribution in [1.29, 1.82) is 0 Å². The summed E-state index contributed by atoms with van der Waals surface area (Å²) in [7, 11) is -1.87. The lowest BCUT2D eigenvalue weighted by Crippen LogP contribution is -2.58. The highest BCUT2D eigenvalue weighted by Crippen LogP contribution is 2.67. The van der Waals surface area contributed by atoms with E-state index in [0.717, 1.165) is 30.1 Å². The van der Waals surface area contributed by atoms with Gasteiger partial charge in [0, 0.05) is 5.54 Å². The highest BCUT2D eigenvalue weighted by Gasteiger charge is 2.64. The van der Waals surface area contributed by atoms with Gasteiger partial charge in [0.2, 0.25) is 0 Å². The van der Waals surface area contributed by atoms with Gasteiger partial charge in [-0.3, -0.25) is 0 Å². The molecule has 0 spiro atoms. The van der Waals surface area contributed by atoms with Crippen molar-refractivity contribution in [3.05, 3.63) is 23.3 Å². The number of fused-ring (bicyclic) bond motifs is 5. The van der Waals surface area contributed by atoms with E-state index in [1.807, 2.05) is 5.57 Å². The van der Waals surface area contributed by atoms with Gasteiger partial charge in [-0.25, -0.2) is 0 Å². The Bertz CT molecular complexity index is 704. The van der Waals surface area contributed by atoms with Crippen molar-refractivity contribution < 1.29 is 4.43 Å². The molecule has 4 aliphatic rings. The Labute approximate surface area is 192 Å². The van der Waals surface area contributed by atoms with E-state index in [1.54, 1.807) is 5.54 Å². The third-order valence-electron chi connectivity index (χ3n) is 10.5. The van der Waals surface area contributed by atoms with E-state index < -0.39 is 8.32 Å². The quantitative estimate of drug-likeness (QED) is 0.308. The first-order chi connectivity index (χ1) is 14.0. The summed E-state index contributed by atoms with van der Waals surface area (Å²) in [5.41, 5.74) is 3.83. The predicted octanol–water partition coefficient (Wildman–Crippen LogP) is 8.85. The van der Waals surface area contributed by atoms with Crippen molar-refractivity contribution >= 4 is 19.9 Å². The topological polar surface area (TPSA) is 9.23 Å². The second-order valence-electron chi connectivity index (χ2n) is 12.7. The molecule has 4 rings (SSSR count). The summed E-state index contributed by atoms with van der Waals surface area (Å²) < 4.78 is 7.43. The van der Waals surface area contributed by atoms with Crippen molar-refractivity contribution in [3.63, 3.8) is 0 Å². The minimum Gasteiger partial charge on any atom is -0.410 e. The molecule has 0 amide bonds. The summed E-state index contributed by atoms with van der Waals surface area (Å²) in [4.78, 5) is 0. The number of rotatable bonds is 4. The van der Waals surface area contributed by atoms with E-state index >= 15 is 0 Å². The molecule has 0 heterocycles. The zero-order valence-corrected chi connectivity index (χ0v) is 22.2. The van der Waals surface area contributed by atoms with E-state index in [1.165, 1.54) is 57.8 Å². The van der Waals surface area contributed by atoms with Crippen LogP contribution in [0.5, 0.6) is 0 Å². The fraction of sp³-hybridized carbons (Fsp3) is 0.852. The number of allylic oxidation sites excluding steroid dienone is 2. The van der Waals surface area contributed by atoms with Gasteiger partial charge in [0.15, 0.2) is 8.32 Å². The monoisotopic (exact) mass is 448 g/mol. The molecule has 4 aliphatic carbocycles. The van der Waals surface area contributed by atoms with E-state index in [4.69, 9.17) is 16.0 Å². The molecule has 6 atom stereocenters. The van der Waals surface area contributed by atoms with Crippen LogP contribution >= 0.6 is 11.6 Å². The third kappa shape index (κ3) is 3.61. The highest BCUT2D eigenvalue weighted by atomic mass is 35.5. The Balaban J connectivity index is 1.66. The summed E-state index contributed by atoms with van der Waals surface area (Å²) in [5, 5.41) is 0.239. The van der Waals surface area contributed by atoms with Gasteiger partial charge in [-0.15, -0.1) is 0 Å². The van der Waals surface area contributed by atoms with Gasteiger partial charge in [-0.05, 0) is 111 Å². The summed E-state index contributed by atoms with van der Waals surface area (Å²) >= 11 is 6.08. The molecule has 0 bridgehead atoms. The Morgan fingerprint density at radius 1 is 1.13 bits per heavy atom. The lowest BCUT2D eigenvalue weighted by Gasteiger charge is -2.58. The van der Waals surface area contributed by atoms with Crippen LogP contribution in [0.2, 0.25) is 18.1 Å². The van der Waals surface area contributed by atoms with Crippen molar-refractivity contribution in [2.75, 3.05) is 0 Å². The Morgan fingerprint density at radius 3 is 2.60 bits per heavy atom. The van der Waals surface area contributed by atoms with Crippen molar-refractivity contribution in [2.45, 2.75) is 116 Å². The van der Waals surface area contributed by atoms with E-state index in [2.05, 4.69) is 52.9 Å². The molecule has 0 aromatic heterocycles. The molecule has 0 aromatic rings. The molecule has 3 fully saturated rings. The molecule has 0 unspecified atom stereocenters. The van der Waals surface area contributed by atoms with Crippen LogP contribution in [0.4, 0.5) is 0 Å². The average Bonchev–Trinajstić information content (AvgIpc) is 2.97. The molecule has 0 aromatic carbocycles. The Hall–Kier alpha value is -0.0531. The maximum absolute atomic E-state index is 7.43. The Kier molecular flexibility index (Phi) is 6.21. The summed E-state index contributed by atoms with van der Waals surface area (Å²) in [6, 6.07) is 0. The van der Waals surface area contributed by atoms with Crippen LogP contribution in [-0.2, 0) is 4.43 Å². The molecule has 170 valence electrons. The maximum Gasteiger partial charge on any atom is 0.192 e. The summed E-state index contributed by atoms with van der Waals surface area (Å²) in [6.45, 7) is 14.7. The summed E-state index contributed by atoms with van der Waals surface area (Å²) in [6.07, 6.45) is 18.1. The number of hydrogen-bond acceptors (Lipinski definition) is 1. The Morgan fingerprint density at radius 2 is 1.90 bits per heavy atom. The minimum atomic E-state index is -1.87. The molecule has 0 aliphatic heterocycles. The third-order valence-corrected chi connectivity index (χ3v) is 15.2. The molecule has 0 N–H and O–H groups in total. The molecule has 0 saturated heterocycles. The molecule has 1 nitrogen and oxygen atoms in total. The largest absolute Gasteiger partial charge is 0.410 e. The molecule has 30 heavy (non-hydrogen) atoms. The first kappa shape index (κ1) is 23.1. The second-order valence-corrected chi connectivity index (χ2v) is 17.7. The smallest absolute Gasteiger partial charge is 0.192 e. The van der Waals surface area contributed by atoms with Crippen LogP contribution < -0.4 is 0 Å². The van der Waals surface area contributed by atoms with Gasteiger partial charge in [-0.2, -0.15) is 0 Å². The molecular formula is C27H45ClOSi. The van der Waals surface area contributed by atoms with Crippen molar-refractivity contribution in [1.82, 2.24) is 0 Å².